The first-order chi connectivity index (χ1) is 9.67. The quantitative estimate of drug-likeness (QED) is 0.818. The third kappa shape index (κ3) is 3.69. The Balaban J connectivity index is 2.02. The van der Waals surface area contributed by atoms with Crippen molar-refractivity contribution in [1.29, 1.82) is 0 Å². The van der Waals surface area contributed by atoms with Crippen LogP contribution < -0.4 is 5.32 Å². The zero-order valence-corrected chi connectivity index (χ0v) is 13.3. The van der Waals surface area contributed by atoms with Gasteiger partial charge in [-0.1, -0.05) is 12.8 Å². The molecule has 0 saturated heterocycles. The second-order valence-electron chi connectivity index (χ2n) is 7.72. The molecule has 0 aromatic heterocycles. The van der Waals surface area contributed by atoms with Gasteiger partial charge < -0.3 is 15.2 Å². The number of amides is 1. The number of nitrogens with one attached hydrogen (secondary N) is 1. The van der Waals surface area contributed by atoms with Gasteiger partial charge in [-0.3, -0.25) is 0 Å². The van der Waals surface area contributed by atoms with Crippen LogP contribution in [0.2, 0.25) is 0 Å². The maximum Gasteiger partial charge on any atom is 0.408 e. The lowest BCUT2D eigenvalue weighted by Crippen LogP contribution is -2.58. The number of carbonyl (C=O) groups excluding carboxylic acids is 1. The van der Waals surface area contributed by atoms with E-state index < -0.39 is 23.2 Å². The van der Waals surface area contributed by atoms with Gasteiger partial charge in [0, 0.05) is 0 Å². The molecule has 5 nitrogen and oxygen atoms in total. The van der Waals surface area contributed by atoms with Crippen molar-refractivity contribution in [2.75, 3.05) is 0 Å². The molecule has 2 rings (SSSR count). The van der Waals surface area contributed by atoms with Gasteiger partial charge in [0.25, 0.3) is 0 Å². The fraction of sp³-hybridized carbons (Fsp3) is 0.875. The molecular formula is C16H27NO4. The van der Waals surface area contributed by atoms with Gasteiger partial charge in [0.1, 0.15) is 11.1 Å². The number of ether oxygens (including phenoxy) is 1. The molecule has 0 unspecified atom stereocenters. The maximum atomic E-state index is 12.0. The second-order valence-corrected chi connectivity index (χ2v) is 7.72. The summed E-state index contributed by atoms with van der Waals surface area (Å²) in [6.07, 6.45) is 7.05. The van der Waals surface area contributed by atoms with Crippen LogP contribution in [-0.4, -0.2) is 28.3 Å². The van der Waals surface area contributed by atoms with Crippen LogP contribution in [0.3, 0.4) is 0 Å². The molecule has 1 spiro atoms. The molecule has 2 aliphatic carbocycles. The highest BCUT2D eigenvalue weighted by atomic mass is 16.6. The van der Waals surface area contributed by atoms with E-state index in [1.807, 2.05) is 0 Å². The molecule has 120 valence electrons. The number of rotatable bonds is 2. The monoisotopic (exact) mass is 297 g/mol. The van der Waals surface area contributed by atoms with E-state index in [2.05, 4.69) is 5.32 Å². The number of alkyl carbamates (subject to hydrolysis) is 1. The third-order valence-electron chi connectivity index (χ3n) is 4.98. The van der Waals surface area contributed by atoms with E-state index >= 15 is 0 Å². The summed E-state index contributed by atoms with van der Waals surface area (Å²) in [7, 11) is 0. The van der Waals surface area contributed by atoms with Gasteiger partial charge in [-0.15, -0.1) is 0 Å². The molecule has 2 N–H and O–H groups in total. The Labute approximate surface area is 126 Å². The van der Waals surface area contributed by atoms with Gasteiger partial charge in [-0.2, -0.15) is 0 Å². The summed E-state index contributed by atoms with van der Waals surface area (Å²) in [4.78, 5) is 23.7. The van der Waals surface area contributed by atoms with E-state index in [4.69, 9.17) is 4.74 Å². The lowest BCUT2D eigenvalue weighted by Gasteiger charge is -2.43. The maximum absolute atomic E-state index is 12.0. The van der Waals surface area contributed by atoms with Crippen LogP contribution in [0.5, 0.6) is 0 Å². The standard InChI is InChI=1S/C16H27NO4/c1-14(2,3)21-13(20)17-16(12(18)19)10-8-15(9-11-16)6-4-5-7-15/h4-11H2,1-3H3,(H,17,20)(H,18,19). The molecule has 0 bridgehead atoms. The average molecular weight is 297 g/mol. The number of hydrogen-bond donors (Lipinski definition) is 2. The van der Waals surface area contributed by atoms with Crippen molar-refractivity contribution in [1.82, 2.24) is 5.32 Å². The van der Waals surface area contributed by atoms with E-state index in [0.29, 0.717) is 18.3 Å². The van der Waals surface area contributed by atoms with E-state index in [1.165, 1.54) is 25.7 Å². The SMILES string of the molecule is CC(C)(C)OC(=O)NC1(C(=O)O)CCC2(CCCC2)CC1. The Bertz CT molecular complexity index is 408. The van der Waals surface area contributed by atoms with Crippen molar-refractivity contribution in [3.05, 3.63) is 0 Å². The van der Waals surface area contributed by atoms with Gasteiger partial charge in [0.05, 0.1) is 0 Å². The minimum absolute atomic E-state index is 0.328. The highest BCUT2D eigenvalue weighted by Gasteiger charge is 2.49. The number of hydrogen-bond acceptors (Lipinski definition) is 3. The van der Waals surface area contributed by atoms with Crippen LogP contribution in [0, 0.1) is 5.41 Å². The van der Waals surface area contributed by atoms with Crippen LogP contribution >= 0.6 is 0 Å². The summed E-state index contributed by atoms with van der Waals surface area (Å²) in [5, 5.41) is 12.2. The van der Waals surface area contributed by atoms with Crippen molar-refractivity contribution in [3.63, 3.8) is 0 Å². The van der Waals surface area contributed by atoms with Gasteiger partial charge >= 0.3 is 12.1 Å². The zero-order valence-electron chi connectivity index (χ0n) is 13.3. The molecule has 0 aromatic rings. The molecule has 2 fully saturated rings. The van der Waals surface area contributed by atoms with Crippen molar-refractivity contribution in [2.45, 2.75) is 83.3 Å². The molecule has 0 heterocycles. The summed E-state index contributed by atoms with van der Waals surface area (Å²) in [5.41, 5.74) is -1.45. The molecule has 2 saturated carbocycles. The summed E-state index contributed by atoms with van der Waals surface area (Å²) in [5.74, 6) is -0.943. The molecule has 0 atom stereocenters. The number of carbonyl (C=O) groups is 2. The Morgan fingerprint density at radius 1 is 1.00 bits per heavy atom. The molecular weight excluding hydrogens is 270 g/mol. The van der Waals surface area contributed by atoms with Crippen molar-refractivity contribution >= 4 is 12.1 Å². The predicted molar refractivity (Wildman–Crippen MR) is 79.1 cm³/mol. The predicted octanol–water partition coefficient (Wildman–Crippen LogP) is 3.47. The van der Waals surface area contributed by atoms with E-state index in [9.17, 15) is 14.7 Å². The molecule has 0 radical (unpaired) electrons. The third-order valence-corrected chi connectivity index (χ3v) is 4.98. The smallest absolute Gasteiger partial charge is 0.408 e. The summed E-state index contributed by atoms with van der Waals surface area (Å²) < 4.78 is 5.22. The number of carboxylic acid groups (broad SMARTS) is 1. The van der Waals surface area contributed by atoms with E-state index in [-0.39, 0.29) is 0 Å². The highest BCUT2D eigenvalue weighted by molar-refractivity contribution is 5.84. The first-order valence-corrected chi connectivity index (χ1v) is 7.91. The molecule has 5 heteroatoms. The second kappa shape index (κ2) is 5.50. The largest absolute Gasteiger partial charge is 0.480 e. The minimum Gasteiger partial charge on any atom is -0.480 e. The average Bonchev–Trinajstić information content (AvgIpc) is 2.79. The fourth-order valence-corrected chi connectivity index (χ4v) is 3.72. The topological polar surface area (TPSA) is 75.6 Å². The van der Waals surface area contributed by atoms with Crippen LogP contribution in [0.25, 0.3) is 0 Å². The van der Waals surface area contributed by atoms with Crippen molar-refractivity contribution in [3.8, 4) is 0 Å². The van der Waals surface area contributed by atoms with Crippen LogP contribution in [-0.2, 0) is 9.53 Å². The highest BCUT2D eigenvalue weighted by Crippen LogP contribution is 2.51. The van der Waals surface area contributed by atoms with E-state index in [0.717, 1.165) is 12.8 Å². The first-order valence-electron chi connectivity index (χ1n) is 7.91. The number of carboxylic acids is 1. The first kappa shape index (κ1) is 16.1. The summed E-state index contributed by atoms with van der Waals surface area (Å²) in [6, 6.07) is 0. The van der Waals surface area contributed by atoms with Crippen LogP contribution in [0.15, 0.2) is 0 Å². The van der Waals surface area contributed by atoms with Crippen LogP contribution in [0.4, 0.5) is 4.79 Å². The Morgan fingerprint density at radius 3 is 1.95 bits per heavy atom. The lowest BCUT2D eigenvalue weighted by atomic mass is 9.66. The van der Waals surface area contributed by atoms with Gasteiger partial charge in [0.2, 0.25) is 0 Å². The summed E-state index contributed by atoms with van der Waals surface area (Å²) in [6.45, 7) is 5.32. The van der Waals surface area contributed by atoms with Crippen molar-refractivity contribution in [2.24, 2.45) is 5.41 Å². The zero-order chi connectivity index (χ0) is 15.7. The van der Waals surface area contributed by atoms with Gasteiger partial charge in [-0.25, -0.2) is 9.59 Å². The normalized spacial score (nSPS) is 23.8. The molecule has 0 aromatic carbocycles. The number of aliphatic carboxylic acids is 1. The van der Waals surface area contributed by atoms with Crippen molar-refractivity contribution < 1.29 is 19.4 Å². The van der Waals surface area contributed by atoms with Gasteiger partial charge in [0.15, 0.2) is 0 Å². The molecule has 21 heavy (non-hydrogen) atoms. The molecule has 0 aliphatic heterocycles. The van der Waals surface area contributed by atoms with Crippen LogP contribution in [0.1, 0.15) is 72.1 Å². The fourth-order valence-electron chi connectivity index (χ4n) is 3.72. The van der Waals surface area contributed by atoms with E-state index in [1.54, 1.807) is 20.8 Å². The van der Waals surface area contributed by atoms with Gasteiger partial charge in [-0.05, 0) is 64.7 Å². The molecule has 2 aliphatic rings. The Morgan fingerprint density at radius 2 is 1.52 bits per heavy atom. The summed E-state index contributed by atoms with van der Waals surface area (Å²) >= 11 is 0. The minimum atomic E-state index is -1.16. The lowest BCUT2D eigenvalue weighted by molar-refractivity contribution is -0.147. The Hall–Kier alpha value is -1.26. The molecule has 1 amide bonds. The Kier molecular flexibility index (Phi) is 4.22.